The normalized spacial score (nSPS) is 16.2. The highest BCUT2D eigenvalue weighted by molar-refractivity contribution is 6.17. The zero-order valence-corrected chi connectivity index (χ0v) is 13.7. The van der Waals surface area contributed by atoms with E-state index in [9.17, 15) is 10.1 Å². The molecule has 0 aromatic heterocycles. The maximum Gasteiger partial charge on any atom is 0.268 e. The van der Waals surface area contributed by atoms with Crippen LogP contribution < -0.4 is 20.5 Å². The Morgan fingerprint density at radius 1 is 1.12 bits per heavy atom. The molecule has 3 N–H and O–H groups in total. The molecule has 0 radical (unpaired) electrons. The second-order valence-electron chi connectivity index (χ2n) is 5.69. The quantitative estimate of drug-likeness (QED) is 0.639. The molecule has 7 heteroatoms. The van der Waals surface area contributed by atoms with E-state index in [1.165, 1.54) is 0 Å². The van der Waals surface area contributed by atoms with Crippen molar-refractivity contribution in [2.75, 3.05) is 18.5 Å². The number of carbonyl (C=O) groups excluding carboxylic acids is 1. The summed E-state index contributed by atoms with van der Waals surface area (Å²) in [4.78, 5) is 16.8. The van der Waals surface area contributed by atoms with Gasteiger partial charge < -0.3 is 20.5 Å². The Kier molecular flexibility index (Phi) is 3.78. The van der Waals surface area contributed by atoms with Crippen LogP contribution in [0.5, 0.6) is 11.5 Å². The number of amides is 1. The van der Waals surface area contributed by atoms with Gasteiger partial charge in [-0.2, -0.15) is 5.26 Å². The molecular weight excluding hydrogens is 332 g/mol. The minimum absolute atomic E-state index is 0.104. The molecule has 0 aliphatic carbocycles. The van der Waals surface area contributed by atoms with Crippen LogP contribution >= 0.6 is 0 Å². The van der Waals surface area contributed by atoms with Gasteiger partial charge in [-0.15, -0.1) is 0 Å². The smallest absolute Gasteiger partial charge is 0.268 e. The van der Waals surface area contributed by atoms with Crippen LogP contribution in [0.1, 0.15) is 11.1 Å². The van der Waals surface area contributed by atoms with E-state index >= 15 is 0 Å². The molecule has 0 saturated carbocycles. The van der Waals surface area contributed by atoms with E-state index in [4.69, 9.17) is 15.2 Å². The van der Waals surface area contributed by atoms with Gasteiger partial charge in [0, 0.05) is 22.9 Å². The van der Waals surface area contributed by atoms with E-state index in [-0.39, 0.29) is 17.1 Å². The molecule has 0 unspecified atom stereocenters. The molecule has 4 rings (SSSR count). The van der Waals surface area contributed by atoms with Gasteiger partial charge in [0.15, 0.2) is 11.5 Å². The highest BCUT2D eigenvalue weighted by Gasteiger charge is 2.25. The minimum atomic E-state index is -0.563. The van der Waals surface area contributed by atoms with E-state index in [1.54, 1.807) is 36.4 Å². The second kappa shape index (κ2) is 6.26. The third-order valence-electron chi connectivity index (χ3n) is 4.07. The molecular formula is C19H14N4O3. The van der Waals surface area contributed by atoms with Gasteiger partial charge in [0.1, 0.15) is 30.7 Å². The zero-order valence-electron chi connectivity index (χ0n) is 13.7. The van der Waals surface area contributed by atoms with Gasteiger partial charge in [0.25, 0.3) is 5.91 Å². The third-order valence-corrected chi connectivity index (χ3v) is 4.07. The topological polar surface area (TPSA) is 110 Å². The van der Waals surface area contributed by atoms with Crippen molar-refractivity contribution in [1.29, 1.82) is 5.26 Å². The fraction of sp³-hybridized carbons (Fsp3) is 0.105. The van der Waals surface area contributed by atoms with Crippen LogP contribution in [0.4, 0.5) is 5.69 Å². The molecule has 0 atom stereocenters. The Morgan fingerprint density at radius 3 is 2.62 bits per heavy atom. The summed E-state index contributed by atoms with van der Waals surface area (Å²) >= 11 is 0. The Morgan fingerprint density at radius 2 is 1.85 bits per heavy atom. The molecule has 2 aromatic carbocycles. The molecule has 0 saturated heterocycles. The number of nitriles is 1. The first-order chi connectivity index (χ1) is 12.7. The van der Waals surface area contributed by atoms with Crippen LogP contribution in [0.2, 0.25) is 0 Å². The molecule has 0 spiro atoms. The van der Waals surface area contributed by atoms with Crippen molar-refractivity contribution in [2.24, 2.45) is 10.7 Å². The molecule has 2 aromatic rings. The number of nitrogens with zero attached hydrogens (tertiary/aromatic N) is 2. The van der Waals surface area contributed by atoms with Crippen molar-refractivity contribution in [3.63, 3.8) is 0 Å². The number of hydrogen-bond donors (Lipinski definition) is 2. The summed E-state index contributed by atoms with van der Waals surface area (Å²) in [6.07, 6.45) is 0. The Hall–Kier alpha value is -3.79. The van der Waals surface area contributed by atoms with Crippen LogP contribution in [-0.4, -0.2) is 25.0 Å². The van der Waals surface area contributed by atoms with Crippen molar-refractivity contribution in [3.8, 4) is 17.6 Å². The molecule has 0 fully saturated rings. The maximum atomic E-state index is 12.6. The average molecular weight is 346 g/mol. The summed E-state index contributed by atoms with van der Waals surface area (Å²) in [5, 5.41) is 12.2. The van der Waals surface area contributed by atoms with Gasteiger partial charge in [0.05, 0.1) is 5.70 Å². The number of anilines is 1. The largest absolute Gasteiger partial charge is 0.486 e. The van der Waals surface area contributed by atoms with Gasteiger partial charge in [-0.3, -0.25) is 4.79 Å². The molecule has 26 heavy (non-hydrogen) atoms. The molecule has 7 nitrogen and oxygen atoms in total. The van der Waals surface area contributed by atoms with Crippen LogP contribution in [0.3, 0.4) is 0 Å². The van der Waals surface area contributed by atoms with Gasteiger partial charge in [-0.1, -0.05) is 24.3 Å². The lowest BCUT2D eigenvalue weighted by Gasteiger charge is -2.19. The van der Waals surface area contributed by atoms with Crippen LogP contribution in [-0.2, 0) is 4.79 Å². The van der Waals surface area contributed by atoms with Crippen molar-refractivity contribution >= 4 is 23.1 Å². The van der Waals surface area contributed by atoms with Crippen molar-refractivity contribution in [3.05, 3.63) is 59.2 Å². The predicted molar refractivity (Wildman–Crippen MR) is 95.8 cm³/mol. The van der Waals surface area contributed by atoms with E-state index < -0.39 is 5.91 Å². The van der Waals surface area contributed by atoms with Crippen LogP contribution in [0.25, 0.3) is 5.70 Å². The predicted octanol–water partition coefficient (Wildman–Crippen LogP) is 2.05. The summed E-state index contributed by atoms with van der Waals surface area (Å²) < 4.78 is 11.0. The highest BCUT2D eigenvalue weighted by atomic mass is 16.6. The Balaban J connectivity index is 1.66. The van der Waals surface area contributed by atoms with Gasteiger partial charge in [-0.05, 0) is 12.1 Å². The summed E-state index contributed by atoms with van der Waals surface area (Å²) in [5.41, 5.74) is 7.94. The summed E-state index contributed by atoms with van der Waals surface area (Å²) in [5.74, 6) is 0.895. The third kappa shape index (κ3) is 2.63. The van der Waals surface area contributed by atoms with Crippen LogP contribution in [0.15, 0.2) is 53.0 Å². The molecule has 1 amide bonds. The number of ether oxygens (including phenoxy) is 2. The van der Waals surface area contributed by atoms with E-state index in [0.29, 0.717) is 41.5 Å². The number of nitrogens with one attached hydrogen (secondary N) is 1. The fourth-order valence-electron chi connectivity index (χ4n) is 2.87. The average Bonchev–Trinajstić information content (AvgIpc) is 2.99. The molecule has 2 aliphatic rings. The summed E-state index contributed by atoms with van der Waals surface area (Å²) in [6.45, 7) is 0.935. The SMILES string of the molecule is N#CC(C(=O)Nc1ccc2c(c1)OCCO2)=C1N=C(N)c2ccccc21. The van der Waals surface area contributed by atoms with E-state index in [0.717, 1.165) is 0 Å². The van der Waals surface area contributed by atoms with Crippen molar-refractivity contribution < 1.29 is 14.3 Å². The fourth-order valence-corrected chi connectivity index (χ4v) is 2.87. The first-order valence-electron chi connectivity index (χ1n) is 7.96. The van der Waals surface area contributed by atoms with Crippen LogP contribution in [0, 0.1) is 11.3 Å². The van der Waals surface area contributed by atoms with Gasteiger partial charge in [-0.25, -0.2) is 4.99 Å². The van der Waals surface area contributed by atoms with Gasteiger partial charge in [0.2, 0.25) is 0 Å². The van der Waals surface area contributed by atoms with Crippen molar-refractivity contribution in [2.45, 2.75) is 0 Å². The van der Waals surface area contributed by atoms with Gasteiger partial charge >= 0.3 is 0 Å². The summed E-state index contributed by atoms with van der Waals surface area (Å²) in [6, 6.07) is 14.2. The number of rotatable bonds is 2. The number of hydrogen-bond acceptors (Lipinski definition) is 6. The van der Waals surface area contributed by atoms with Crippen molar-refractivity contribution in [1.82, 2.24) is 0 Å². The molecule has 128 valence electrons. The number of carbonyl (C=O) groups is 1. The molecule has 0 bridgehead atoms. The number of aliphatic imine (C=N–C) groups is 1. The number of amidine groups is 1. The maximum absolute atomic E-state index is 12.6. The minimum Gasteiger partial charge on any atom is -0.486 e. The highest BCUT2D eigenvalue weighted by Crippen LogP contribution is 2.33. The molecule has 2 aliphatic heterocycles. The van der Waals surface area contributed by atoms with E-state index in [1.807, 2.05) is 12.1 Å². The first kappa shape index (κ1) is 15.7. The number of benzene rings is 2. The van der Waals surface area contributed by atoms with E-state index in [2.05, 4.69) is 10.3 Å². The number of nitrogens with two attached hydrogens (primary N) is 1. The molecule has 2 heterocycles. The standard InChI is InChI=1S/C19H14N4O3/c20-10-14(17-12-3-1-2-4-13(12)18(21)23-17)19(24)22-11-5-6-15-16(9-11)26-8-7-25-15/h1-6,9H,7-8H2,(H2,21,23)(H,22,24). The Bertz CT molecular complexity index is 1020. The lowest BCUT2D eigenvalue weighted by molar-refractivity contribution is -0.112. The lowest BCUT2D eigenvalue weighted by atomic mass is 10.0. The summed E-state index contributed by atoms with van der Waals surface area (Å²) in [7, 11) is 0. The lowest BCUT2D eigenvalue weighted by Crippen LogP contribution is -2.17. The Labute approximate surface area is 149 Å². The number of fused-ring (bicyclic) bond motifs is 2. The second-order valence-corrected chi connectivity index (χ2v) is 5.69. The zero-order chi connectivity index (χ0) is 18.1. The first-order valence-corrected chi connectivity index (χ1v) is 7.96. The monoisotopic (exact) mass is 346 g/mol.